The van der Waals surface area contributed by atoms with Crippen molar-refractivity contribution in [1.82, 2.24) is 25.6 Å². The summed E-state index contributed by atoms with van der Waals surface area (Å²) in [7, 11) is 0. The van der Waals surface area contributed by atoms with Crippen LogP contribution in [0.25, 0.3) is 22.5 Å². The van der Waals surface area contributed by atoms with E-state index in [1.54, 1.807) is 23.2 Å². The lowest BCUT2D eigenvalue weighted by Crippen LogP contribution is -2.52. The third-order valence-electron chi connectivity index (χ3n) is 9.03. The molecule has 5 N–H and O–H groups in total. The molecule has 2 fully saturated rings. The molecule has 0 bridgehead atoms. The number of carbonyl (C=O) groups excluding carboxylic acids is 2. The third kappa shape index (κ3) is 7.73. The predicted octanol–water partition coefficient (Wildman–Crippen LogP) is 4.04. The number of tetrazole rings is 1. The Morgan fingerprint density at radius 3 is 2.30 bits per heavy atom. The molecule has 4 aromatic rings. The zero-order chi connectivity index (χ0) is 32.0. The number of carbonyl (C=O) groups is 2. The van der Waals surface area contributed by atoms with Crippen molar-refractivity contribution in [3.8, 4) is 22.5 Å². The minimum atomic E-state index is -0.904. The molecule has 248 valence electrons. The summed E-state index contributed by atoms with van der Waals surface area (Å²) in [5.41, 5.74) is 15.9. The van der Waals surface area contributed by atoms with Crippen LogP contribution in [-0.4, -0.2) is 76.3 Å². The highest BCUT2D eigenvalue weighted by molar-refractivity contribution is 6.35. The Labute approximate surface area is 284 Å². The van der Waals surface area contributed by atoms with Crippen LogP contribution in [0.4, 0.5) is 11.5 Å². The second-order valence-electron chi connectivity index (χ2n) is 11.9. The largest absolute Gasteiger partial charge is 0.378 e. The molecule has 1 saturated heterocycles. The molecule has 1 aliphatic carbocycles. The Kier molecular flexibility index (Phi) is 11.4. The van der Waals surface area contributed by atoms with Gasteiger partial charge < -0.3 is 21.1 Å². The molecule has 0 radical (unpaired) electrons. The number of nitrogens with zero attached hydrogens (tertiary/aromatic N) is 6. The smallest absolute Gasteiger partial charge is 0.240 e. The van der Waals surface area contributed by atoms with Crippen LogP contribution >= 0.6 is 24.0 Å². The van der Waals surface area contributed by atoms with Gasteiger partial charge in [0.1, 0.15) is 11.9 Å². The van der Waals surface area contributed by atoms with E-state index in [0.29, 0.717) is 42.2 Å². The third-order valence-corrected chi connectivity index (χ3v) is 9.40. The molecule has 0 spiro atoms. The van der Waals surface area contributed by atoms with E-state index in [1.165, 1.54) is 0 Å². The lowest BCUT2D eigenvalue weighted by molar-refractivity contribution is -0.127. The summed E-state index contributed by atoms with van der Waals surface area (Å²) in [4.78, 5) is 35.6. The number of amides is 2. The van der Waals surface area contributed by atoms with Crippen molar-refractivity contribution >= 4 is 47.3 Å². The van der Waals surface area contributed by atoms with Crippen LogP contribution in [0.15, 0.2) is 60.8 Å². The van der Waals surface area contributed by atoms with Crippen molar-refractivity contribution in [2.45, 2.75) is 38.1 Å². The first-order valence-corrected chi connectivity index (χ1v) is 16.0. The summed E-state index contributed by atoms with van der Waals surface area (Å²) < 4.78 is 5.48. The fourth-order valence-corrected chi connectivity index (χ4v) is 6.71. The summed E-state index contributed by atoms with van der Waals surface area (Å²) in [5.74, 6) is 0.669. The van der Waals surface area contributed by atoms with Gasteiger partial charge in [0.15, 0.2) is 0 Å². The number of benzene rings is 2. The van der Waals surface area contributed by atoms with Crippen molar-refractivity contribution in [3.05, 3.63) is 71.4 Å². The van der Waals surface area contributed by atoms with Gasteiger partial charge in [0.25, 0.3) is 0 Å². The molecule has 14 heteroatoms. The number of nitrogens with two attached hydrogens (primary N) is 2. The van der Waals surface area contributed by atoms with Gasteiger partial charge in [-0.05, 0) is 84.8 Å². The number of hydrogen-bond acceptors (Lipinski definition) is 9. The van der Waals surface area contributed by atoms with Gasteiger partial charge in [-0.3, -0.25) is 14.5 Å². The predicted molar refractivity (Wildman–Crippen MR) is 183 cm³/mol. The molecule has 6 rings (SSSR count). The molecule has 0 unspecified atom stereocenters. The van der Waals surface area contributed by atoms with Gasteiger partial charge in [-0.15, -0.1) is 22.6 Å². The average molecular weight is 681 g/mol. The number of primary amides is 1. The Hall–Kier alpha value is -4.10. The number of ether oxygens (including phenoxy) is 1. The maximum Gasteiger partial charge on any atom is 0.240 e. The van der Waals surface area contributed by atoms with E-state index in [2.05, 4.69) is 30.5 Å². The van der Waals surface area contributed by atoms with E-state index >= 15 is 0 Å². The van der Waals surface area contributed by atoms with Crippen LogP contribution in [0, 0.1) is 11.8 Å². The first-order chi connectivity index (χ1) is 22.4. The Morgan fingerprint density at radius 1 is 1.00 bits per heavy atom. The summed E-state index contributed by atoms with van der Waals surface area (Å²) >= 11 is 6.85. The standard InChI is InChI=1S/C33H38ClN9O3.ClH/c34-29-27(13-14-37-32(29)42-15-17-46-18-16-42)23-5-1-21(2-6-23)19-28(30(36)44)43(33(45)25-7-3-22(20-35)4-8-25)26-11-9-24(10-12-26)31-38-40-41-39-31;/h1-2,5-6,9-14,22,25,28H,3-4,7-8,15-20,35H2,(H2,36,44)(H,38,39,40,41);1H/t22-,25-,28-;/m0./s1. The molecule has 12 nitrogen and oxygen atoms in total. The van der Waals surface area contributed by atoms with E-state index in [-0.39, 0.29) is 30.7 Å². The van der Waals surface area contributed by atoms with Gasteiger partial charge >= 0.3 is 0 Å². The Morgan fingerprint density at radius 2 is 1.68 bits per heavy atom. The molecule has 3 heterocycles. The Balaban J connectivity index is 0.00000433. The van der Waals surface area contributed by atoms with Crippen molar-refractivity contribution in [2.24, 2.45) is 23.3 Å². The van der Waals surface area contributed by atoms with Crippen LogP contribution < -0.4 is 21.3 Å². The maximum atomic E-state index is 14.2. The highest BCUT2D eigenvalue weighted by Gasteiger charge is 2.36. The van der Waals surface area contributed by atoms with Crippen LogP contribution in [0.1, 0.15) is 31.2 Å². The molecular formula is C33H39Cl2N9O3. The van der Waals surface area contributed by atoms with E-state index in [0.717, 1.165) is 66.8 Å². The lowest BCUT2D eigenvalue weighted by atomic mass is 9.81. The number of anilines is 2. The molecule has 1 atom stereocenters. The van der Waals surface area contributed by atoms with Gasteiger partial charge in [0.2, 0.25) is 17.6 Å². The quantitative estimate of drug-likeness (QED) is 0.224. The van der Waals surface area contributed by atoms with E-state index < -0.39 is 11.9 Å². The van der Waals surface area contributed by atoms with E-state index in [1.807, 2.05) is 42.5 Å². The van der Waals surface area contributed by atoms with Crippen LogP contribution in [0.3, 0.4) is 0 Å². The zero-order valence-corrected chi connectivity index (χ0v) is 27.5. The topological polar surface area (TPSA) is 169 Å². The number of nitrogens with one attached hydrogen (secondary N) is 1. The highest BCUT2D eigenvalue weighted by Crippen LogP contribution is 2.36. The van der Waals surface area contributed by atoms with E-state index in [9.17, 15) is 9.59 Å². The summed E-state index contributed by atoms with van der Waals surface area (Å²) in [6.07, 6.45) is 5.21. The average Bonchev–Trinajstić information content (AvgIpc) is 3.64. The molecule has 1 saturated carbocycles. The minimum absolute atomic E-state index is 0. The lowest BCUT2D eigenvalue weighted by Gasteiger charge is -2.35. The Bertz CT molecular complexity index is 1620. The number of aromatic nitrogens is 5. The molecule has 2 aliphatic rings. The van der Waals surface area contributed by atoms with Gasteiger partial charge in [-0.25, -0.2) is 4.98 Å². The van der Waals surface area contributed by atoms with Gasteiger partial charge in [0, 0.05) is 48.4 Å². The number of morpholine rings is 1. The van der Waals surface area contributed by atoms with Crippen molar-refractivity contribution in [1.29, 1.82) is 0 Å². The SMILES string of the molecule is Cl.NC[C@H]1CC[C@H](C(=O)N(c2ccc(-c3nn[nH]n3)cc2)[C@@H](Cc2ccc(-c3ccnc(N4CCOCC4)c3Cl)cc2)C(N)=O)CC1. The van der Waals surface area contributed by atoms with Crippen molar-refractivity contribution in [2.75, 3.05) is 42.6 Å². The number of rotatable bonds is 10. The summed E-state index contributed by atoms with van der Waals surface area (Å²) in [5, 5.41) is 14.7. The fraction of sp³-hybridized carbons (Fsp3) is 0.394. The number of hydrogen-bond donors (Lipinski definition) is 3. The molecule has 2 aromatic heterocycles. The highest BCUT2D eigenvalue weighted by atomic mass is 35.5. The van der Waals surface area contributed by atoms with Gasteiger partial charge in [-0.1, -0.05) is 35.9 Å². The molecule has 2 aromatic carbocycles. The van der Waals surface area contributed by atoms with Crippen molar-refractivity contribution in [3.63, 3.8) is 0 Å². The maximum absolute atomic E-state index is 14.2. The number of aromatic amines is 1. The number of halogens is 2. The molecule has 47 heavy (non-hydrogen) atoms. The summed E-state index contributed by atoms with van der Waals surface area (Å²) in [6, 6.07) is 16.0. The van der Waals surface area contributed by atoms with E-state index in [4.69, 9.17) is 27.8 Å². The molecule has 1 aliphatic heterocycles. The monoisotopic (exact) mass is 679 g/mol. The first kappa shape index (κ1) is 34.2. The van der Waals surface area contributed by atoms with Gasteiger partial charge in [0.05, 0.1) is 18.2 Å². The molecule has 2 amide bonds. The second-order valence-corrected chi connectivity index (χ2v) is 12.2. The number of pyridine rings is 1. The van der Waals surface area contributed by atoms with Crippen molar-refractivity contribution < 1.29 is 14.3 Å². The molecular weight excluding hydrogens is 641 g/mol. The first-order valence-electron chi connectivity index (χ1n) is 15.7. The summed E-state index contributed by atoms with van der Waals surface area (Å²) in [6.45, 7) is 3.34. The number of H-pyrrole nitrogens is 1. The van der Waals surface area contributed by atoms with Crippen LogP contribution in [-0.2, 0) is 20.7 Å². The normalized spacial score (nSPS) is 18.6. The van der Waals surface area contributed by atoms with Gasteiger partial charge in [-0.2, -0.15) is 5.21 Å². The van der Waals surface area contributed by atoms with Crippen LogP contribution in [0.5, 0.6) is 0 Å². The zero-order valence-electron chi connectivity index (χ0n) is 25.9. The minimum Gasteiger partial charge on any atom is -0.378 e. The fourth-order valence-electron chi connectivity index (χ4n) is 6.37. The second kappa shape index (κ2) is 15.7. The van der Waals surface area contributed by atoms with Crippen LogP contribution in [0.2, 0.25) is 5.02 Å².